The predicted molar refractivity (Wildman–Crippen MR) is 103 cm³/mol. The summed E-state index contributed by atoms with van der Waals surface area (Å²) in [5.74, 6) is 0.342. The highest BCUT2D eigenvalue weighted by atomic mass is 16.5. The lowest BCUT2D eigenvalue weighted by Gasteiger charge is -2.18. The molecule has 0 atom stereocenters. The van der Waals surface area contributed by atoms with Crippen molar-refractivity contribution in [2.75, 3.05) is 30.7 Å². The Hall–Kier alpha value is -3.02. The van der Waals surface area contributed by atoms with Crippen molar-refractivity contribution in [1.82, 2.24) is 4.90 Å². The van der Waals surface area contributed by atoms with Crippen molar-refractivity contribution in [1.29, 1.82) is 0 Å². The highest BCUT2D eigenvalue weighted by Gasteiger charge is 2.10. The summed E-state index contributed by atoms with van der Waals surface area (Å²) in [5, 5.41) is 2.83. The van der Waals surface area contributed by atoms with Gasteiger partial charge in [0.05, 0.1) is 6.42 Å². The standard InChI is InChI=1S/C20H25N3O3/c1-3-23(4-2)20(25)14-26-18-7-5-6-17(13-18)22-19(24)12-15-8-10-16(21)11-9-15/h5-11,13H,3-4,12,14,21H2,1-2H3,(H,22,24). The zero-order valence-electron chi connectivity index (χ0n) is 15.2. The molecule has 0 spiro atoms. The molecule has 0 radical (unpaired) electrons. The molecule has 138 valence electrons. The van der Waals surface area contributed by atoms with Crippen molar-refractivity contribution in [2.24, 2.45) is 0 Å². The van der Waals surface area contributed by atoms with Gasteiger partial charge in [-0.25, -0.2) is 0 Å². The molecule has 0 aliphatic heterocycles. The fraction of sp³-hybridized carbons (Fsp3) is 0.300. The molecule has 0 unspecified atom stereocenters. The van der Waals surface area contributed by atoms with Gasteiger partial charge in [0.2, 0.25) is 5.91 Å². The molecule has 6 nitrogen and oxygen atoms in total. The van der Waals surface area contributed by atoms with E-state index in [1.54, 1.807) is 41.3 Å². The Labute approximate surface area is 153 Å². The molecular weight excluding hydrogens is 330 g/mol. The summed E-state index contributed by atoms with van der Waals surface area (Å²) >= 11 is 0. The van der Waals surface area contributed by atoms with E-state index >= 15 is 0 Å². The molecule has 2 rings (SSSR count). The van der Waals surface area contributed by atoms with Gasteiger partial charge in [0.15, 0.2) is 6.61 Å². The van der Waals surface area contributed by atoms with E-state index in [1.807, 2.05) is 26.0 Å². The van der Waals surface area contributed by atoms with Gasteiger partial charge >= 0.3 is 0 Å². The third-order valence-electron chi connectivity index (χ3n) is 3.94. The summed E-state index contributed by atoms with van der Waals surface area (Å²) in [6, 6.07) is 14.2. The number of carbonyl (C=O) groups excluding carboxylic acids is 2. The molecule has 26 heavy (non-hydrogen) atoms. The summed E-state index contributed by atoms with van der Waals surface area (Å²) in [6.45, 7) is 5.14. The summed E-state index contributed by atoms with van der Waals surface area (Å²) in [7, 11) is 0. The van der Waals surface area contributed by atoms with Crippen LogP contribution in [0.4, 0.5) is 11.4 Å². The second-order valence-electron chi connectivity index (χ2n) is 5.85. The molecule has 0 aliphatic rings. The second-order valence-corrected chi connectivity index (χ2v) is 5.85. The average molecular weight is 355 g/mol. The van der Waals surface area contributed by atoms with Crippen LogP contribution in [0.25, 0.3) is 0 Å². The number of rotatable bonds is 8. The molecule has 2 aromatic carbocycles. The summed E-state index contributed by atoms with van der Waals surface area (Å²) in [6.07, 6.45) is 0.256. The molecule has 0 heterocycles. The Morgan fingerprint density at radius 1 is 1.08 bits per heavy atom. The number of benzene rings is 2. The molecule has 6 heteroatoms. The van der Waals surface area contributed by atoms with Crippen LogP contribution in [0.1, 0.15) is 19.4 Å². The minimum absolute atomic E-state index is 0.0233. The van der Waals surface area contributed by atoms with E-state index in [9.17, 15) is 9.59 Å². The first kappa shape index (κ1) is 19.3. The predicted octanol–water partition coefficient (Wildman–Crippen LogP) is 2.70. The first-order chi connectivity index (χ1) is 12.5. The lowest BCUT2D eigenvalue weighted by Crippen LogP contribution is -2.34. The second kappa shape index (κ2) is 9.46. The van der Waals surface area contributed by atoms with Crippen molar-refractivity contribution in [3.63, 3.8) is 0 Å². The lowest BCUT2D eigenvalue weighted by atomic mass is 10.1. The monoisotopic (exact) mass is 355 g/mol. The normalized spacial score (nSPS) is 10.2. The van der Waals surface area contributed by atoms with Gasteiger partial charge in [0.1, 0.15) is 5.75 Å². The Bertz CT molecular complexity index is 740. The summed E-state index contributed by atoms with van der Waals surface area (Å²) in [5.41, 5.74) is 7.81. The Morgan fingerprint density at radius 2 is 1.77 bits per heavy atom. The fourth-order valence-electron chi connectivity index (χ4n) is 2.50. The lowest BCUT2D eigenvalue weighted by molar-refractivity contribution is -0.133. The largest absolute Gasteiger partial charge is 0.484 e. The minimum Gasteiger partial charge on any atom is -0.484 e. The average Bonchev–Trinajstić information content (AvgIpc) is 2.63. The number of anilines is 2. The first-order valence-electron chi connectivity index (χ1n) is 8.66. The maximum atomic E-state index is 12.2. The van der Waals surface area contributed by atoms with Crippen molar-refractivity contribution in [3.8, 4) is 5.75 Å². The zero-order chi connectivity index (χ0) is 18.9. The van der Waals surface area contributed by atoms with Gasteiger partial charge in [-0.3, -0.25) is 9.59 Å². The van der Waals surface area contributed by atoms with Crippen molar-refractivity contribution in [3.05, 3.63) is 54.1 Å². The molecule has 0 aromatic heterocycles. The number of nitrogen functional groups attached to an aromatic ring is 1. The van der Waals surface area contributed by atoms with Crippen LogP contribution >= 0.6 is 0 Å². The molecule has 2 amide bonds. The highest BCUT2D eigenvalue weighted by Crippen LogP contribution is 2.18. The Balaban J connectivity index is 1.90. The van der Waals surface area contributed by atoms with E-state index in [1.165, 1.54) is 0 Å². The number of nitrogens with zero attached hydrogens (tertiary/aromatic N) is 1. The van der Waals surface area contributed by atoms with Gasteiger partial charge in [-0.05, 0) is 43.7 Å². The summed E-state index contributed by atoms with van der Waals surface area (Å²) in [4.78, 5) is 25.9. The van der Waals surface area contributed by atoms with Crippen LogP contribution in [-0.4, -0.2) is 36.4 Å². The fourth-order valence-corrected chi connectivity index (χ4v) is 2.50. The van der Waals surface area contributed by atoms with Crippen LogP contribution in [0.5, 0.6) is 5.75 Å². The Kier molecular flexibility index (Phi) is 7.02. The molecule has 0 saturated heterocycles. The van der Waals surface area contributed by atoms with Crippen LogP contribution < -0.4 is 15.8 Å². The molecule has 2 aromatic rings. The number of nitrogens with two attached hydrogens (primary N) is 1. The van der Waals surface area contributed by atoms with Gasteiger partial charge in [-0.1, -0.05) is 18.2 Å². The van der Waals surface area contributed by atoms with Crippen LogP contribution in [0, 0.1) is 0 Å². The maximum absolute atomic E-state index is 12.2. The molecule has 0 saturated carbocycles. The third kappa shape index (κ3) is 5.81. The van der Waals surface area contributed by atoms with Gasteiger partial charge in [-0.15, -0.1) is 0 Å². The highest BCUT2D eigenvalue weighted by molar-refractivity contribution is 5.92. The first-order valence-corrected chi connectivity index (χ1v) is 8.66. The van der Waals surface area contributed by atoms with E-state index in [4.69, 9.17) is 10.5 Å². The minimum atomic E-state index is -0.133. The molecule has 0 bridgehead atoms. The van der Waals surface area contributed by atoms with E-state index in [0.717, 1.165) is 5.56 Å². The van der Waals surface area contributed by atoms with Crippen LogP contribution in [0.2, 0.25) is 0 Å². The quantitative estimate of drug-likeness (QED) is 0.713. The number of ether oxygens (including phenoxy) is 1. The summed E-state index contributed by atoms with van der Waals surface area (Å²) < 4.78 is 5.55. The number of nitrogens with one attached hydrogen (secondary N) is 1. The van der Waals surface area contributed by atoms with Crippen LogP contribution in [0.3, 0.4) is 0 Å². The van der Waals surface area contributed by atoms with Crippen LogP contribution in [-0.2, 0) is 16.0 Å². The SMILES string of the molecule is CCN(CC)C(=O)COc1cccc(NC(=O)Cc2ccc(N)cc2)c1. The maximum Gasteiger partial charge on any atom is 0.260 e. The number of hydrogen-bond acceptors (Lipinski definition) is 4. The van der Waals surface area contributed by atoms with E-state index in [-0.39, 0.29) is 24.8 Å². The number of hydrogen-bond donors (Lipinski definition) is 2. The number of amides is 2. The van der Waals surface area contributed by atoms with Crippen molar-refractivity contribution in [2.45, 2.75) is 20.3 Å². The number of carbonyl (C=O) groups is 2. The van der Waals surface area contributed by atoms with Gasteiger partial charge in [0, 0.05) is 30.5 Å². The van der Waals surface area contributed by atoms with Crippen LogP contribution in [0.15, 0.2) is 48.5 Å². The van der Waals surface area contributed by atoms with Crippen molar-refractivity contribution < 1.29 is 14.3 Å². The van der Waals surface area contributed by atoms with E-state index in [0.29, 0.717) is 30.2 Å². The van der Waals surface area contributed by atoms with Crippen molar-refractivity contribution >= 4 is 23.2 Å². The van der Waals surface area contributed by atoms with E-state index < -0.39 is 0 Å². The zero-order valence-corrected chi connectivity index (χ0v) is 15.2. The molecule has 0 fully saturated rings. The molecular formula is C20H25N3O3. The van der Waals surface area contributed by atoms with Gasteiger partial charge in [-0.2, -0.15) is 0 Å². The molecule has 3 N–H and O–H groups in total. The third-order valence-corrected chi connectivity index (χ3v) is 3.94. The Morgan fingerprint density at radius 3 is 2.42 bits per heavy atom. The van der Waals surface area contributed by atoms with Gasteiger partial charge < -0.3 is 20.7 Å². The van der Waals surface area contributed by atoms with Gasteiger partial charge in [0.25, 0.3) is 5.91 Å². The topological polar surface area (TPSA) is 84.7 Å². The number of likely N-dealkylation sites (N-methyl/N-ethyl adjacent to an activating group) is 1. The smallest absolute Gasteiger partial charge is 0.260 e. The van der Waals surface area contributed by atoms with E-state index in [2.05, 4.69) is 5.32 Å². The molecule has 0 aliphatic carbocycles.